The third-order valence-corrected chi connectivity index (χ3v) is 3.43. The van der Waals surface area contributed by atoms with Crippen LogP contribution < -0.4 is 10.2 Å². The van der Waals surface area contributed by atoms with Gasteiger partial charge in [-0.25, -0.2) is 9.59 Å². The molecule has 1 fully saturated rings. The van der Waals surface area contributed by atoms with E-state index in [1.165, 1.54) is 4.90 Å². The second-order valence-corrected chi connectivity index (χ2v) is 5.58. The van der Waals surface area contributed by atoms with Gasteiger partial charge in [-0.1, -0.05) is 0 Å². The maximum atomic E-state index is 11.7. The van der Waals surface area contributed by atoms with Gasteiger partial charge < -0.3 is 9.47 Å². The highest BCUT2D eigenvalue weighted by atomic mass is 35.5. The molecule has 8 heteroatoms. The molecule has 0 saturated carbocycles. The average Bonchev–Trinajstić information content (AvgIpc) is 2.87. The van der Waals surface area contributed by atoms with E-state index >= 15 is 0 Å². The van der Waals surface area contributed by atoms with E-state index in [9.17, 15) is 9.59 Å². The molecule has 0 aliphatic carbocycles. The van der Waals surface area contributed by atoms with Crippen molar-refractivity contribution in [2.24, 2.45) is 0 Å². The van der Waals surface area contributed by atoms with E-state index in [-0.39, 0.29) is 23.9 Å². The number of amidine groups is 1. The largest absolute Gasteiger partial charge is 0.447 e. The van der Waals surface area contributed by atoms with Crippen molar-refractivity contribution in [3.8, 4) is 0 Å². The number of alkyl halides is 1. The van der Waals surface area contributed by atoms with Gasteiger partial charge in [-0.2, -0.15) is 0 Å². The maximum absolute atomic E-state index is 11.7. The lowest BCUT2D eigenvalue weighted by Gasteiger charge is -2.14. The summed E-state index contributed by atoms with van der Waals surface area (Å²) in [5.74, 6) is 0.164. The van der Waals surface area contributed by atoms with Gasteiger partial charge in [0.05, 0.1) is 18.5 Å². The first-order valence-electron chi connectivity index (χ1n) is 7.11. The van der Waals surface area contributed by atoms with E-state index < -0.39 is 12.2 Å². The fraction of sp³-hybridized carbons (Fsp3) is 0.400. The quantitative estimate of drug-likeness (QED) is 0.501. The normalized spacial score (nSPS) is 17.1. The number of ether oxygens (including phenoxy) is 2. The molecular weight excluding hydrogens is 322 g/mol. The highest BCUT2D eigenvalue weighted by Gasteiger charge is 2.31. The van der Waals surface area contributed by atoms with Crippen molar-refractivity contribution in [2.45, 2.75) is 26.1 Å². The smallest absolute Gasteiger partial charge is 0.414 e. The van der Waals surface area contributed by atoms with Crippen LogP contribution in [0.4, 0.5) is 15.3 Å². The third kappa shape index (κ3) is 4.35. The number of nitrogens with one attached hydrogen (secondary N) is 2. The Kier molecular flexibility index (Phi) is 5.44. The van der Waals surface area contributed by atoms with Crippen molar-refractivity contribution < 1.29 is 19.1 Å². The summed E-state index contributed by atoms with van der Waals surface area (Å²) in [6.45, 7) is 3.83. The fourth-order valence-electron chi connectivity index (χ4n) is 2.04. The Bertz CT molecular complexity index is 603. The topological polar surface area (TPSA) is 91.7 Å². The lowest BCUT2D eigenvalue weighted by molar-refractivity contribution is 0.120. The van der Waals surface area contributed by atoms with Gasteiger partial charge in [0.2, 0.25) is 0 Å². The molecule has 0 spiro atoms. The van der Waals surface area contributed by atoms with Crippen LogP contribution in [-0.4, -0.2) is 42.7 Å². The summed E-state index contributed by atoms with van der Waals surface area (Å²) in [6, 6.07) is 6.62. The number of carbonyl (C=O) groups is 2. The van der Waals surface area contributed by atoms with E-state index in [2.05, 4.69) is 5.32 Å². The Morgan fingerprint density at radius 3 is 2.65 bits per heavy atom. The van der Waals surface area contributed by atoms with E-state index in [1.54, 1.807) is 38.1 Å². The lowest BCUT2D eigenvalue weighted by Crippen LogP contribution is -2.32. The van der Waals surface area contributed by atoms with E-state index in [0.29, 0.717) is 17.8 Å². The van der Waals surface area contributed by atoms with Crippen molar-refractivity contribution in [3.63, 3.8) is 0 Å². The van der Waals surface area contributed by atoms with Gasteiger partial charge in [-0.3, -0.25) is 15.6 Å². The molecule has 1 heterocycles. The molecule has 1 saturated heterocycles. The predicted molar refractivity (Wildman–Crippen MR) is 86.4 cm³/mol. The van der Waals surface area contributed by atoms with Crippen molar-refractivity contribution in [2.75, 3.05) is 17.3 Å². The minimum atomic E-state index is -0.679. The first-order valence-corrected chi connectivity index (χ1v) is 7.65. The minimum absolute atomic E-state index is 0.0789. The van der Waals surface area contributed by atoms with Gasteiger partial charge in [0.25, 0.3) is 0 Å². The molecule has 1 aliphatic rings. The Morgan fingerprint density at radius 1 is 1.48 bits per heavy atom. The Morgan fingerprint density at radius 2 is 2.13 bits per heavy atom. The monoisotopic (exact) mass is 339 g/mol. The number of rotatable bonds is 4. The number of benzene rings is 1. The lowest BCUT2D eigenvalue weighted by atomic mass is 10.2. The summed E-state index contributed by atoms with van der Waals surface area (Å²) >= 11 is 5.69. The molecule has 0 aromatic heterocycles. The SMILES string of the molecule is CC(C)OC(=O)NC(=N)c1ccc(N2CC(CCl)OC2=O)cc1. The van der Waals surface area contributed by atoms with Crippen LogP contribution in [0.3, 0.4) is 0 Å². The zero-order valence-electron chi connectivity index (χ0n) is 12.8. The summed E-state index contributed by atoms with van der Waals surface area (Å²) < 4.78 is 10.00. The minimum Gasteiger partial charge on any atom is -0.447 e. The summed E-state index contributed by atoms with van der Waals surface area (Å²) in [4.78, 5) is 24.7. The molecule has 1 unspecified atom stereocenters. The number of anilines is 1. The number of hydrogen-bond donors (Lipinski definition) is 2. The van der Waals surface area contributed by atoms with Crippen LogP contribution in [0.15, 0.2) is 24.3 Å². The van der Waals surface area contributed by atoms with E-state index in [1.807, 2.05) is 0 Å². The van der Waals surface area contributed by atoms with Crippen LogP contribution in [0.25, 0.3) is 0 Å². The van der Waals surface area contributed by atoms with Gasteiger partial charge in [-0.05, 0) is 38.1 Å². The van der Waals surface area contributed by atoms with Gasteiger partial charge in [0, 0.05) is 11.3 Å². The van der Waals surface area contributed by atoms with Crippen molar-refractivity contribution >= 4 is 35.3 Å². The molecule has 2 N–H and O–H groups in total. The summed E-state index contributed by atoms with van der Waals surface area (Å²) in [6.07, 6.45) is -1.71. The second kappa shape index (κ2) is 7.32. The highest BCUT2D eigenvalue weighted by Crippen LogP contribution is 2.22. The standard InChI is InChI=1S/C15H18ClN3O4/c1-9(2)22-14(20)18-13(17)10-3-5-11(6-4-10)19-8-12(7-16)23-15(19)21/h3-6,9,12H,7-8H2,1-2H3,(H2,17,18,20). The first-order chi connectivity index (χ1) is 10.9. The highest BCUT2D eigenvalue weighted by molar-refractivity contribution is 6.18. The van der Waals surface area contributed by atoms with Crippen molar-refractivity contribution in [1.29, 1.82) is 5.41 Å². The zero-order chi connectivity index (χ0) is 17.0. The van der Waals surface area contributed by atoms with Crippen LogP contribution in [0.1, 0.15) is 19.4 Å². The maximum Gasteiger partial charge on any atom is 0.414 e. The average molecular weight is 340 g/mol. The molecular formula is C15H18ClN3O4. The van der Waals surface area contributed by atoms with Crippen molar-refractivity contribution in [3.05, 3.63) is 29.8 Å². The molecule has 0 bridgehead atoms. The van der Waals surface area contributed by atoms with Crippen LogP contribution >= 0.6 is 11.6 Å². The van der Waals surface area contributed by atoms with E-state index in [0.717, 1.165) is 0 Å². The molecule has 0 radical (unpaired) electrons. The first kappa shape index (κ1) is 17.1. The summed E-state index contributed by atoms with van der Waals surface area (Å²) in [7, 11) is 0. The number of alkyl carbamates (subject to hydrolysis) is 1. The molecule has 7 nitrogen and oxygen atoms in total. The Labute approximate surface area is 139 Å². The second-order valence-electron chi connectivity index (χ2n) is 5.27. The van der Waals surface area contributed by atoms with Crippen molar-refractivity contribution in [1.82, 2.24) is 5.32 Å². The molecule has 2 rings (SSSR count). The van der Waals surface area contributed by atoms with Gasteiger partial charge in [-0.15, -0.1) is 11.6 Å². The van der Waals surface area contributed by atoms with Crippen LogP contribution in [-0.2, 0) is 9.47 Å². The number of carbonyl (C=O) groups excluding carboxylic acids is 2. The Hall–Kier alpha value is -2.28. The number of halogens is 1. The molecule has 1 atom stereocenters. The third-order valence-electron chi connectivity index (χ3n) is 3.08. The summed E-state index contributed by atoms with van der Waals surface area (Å²) in [5.41, 5.74) is 1.14. The van der Waals surface area contributed by atoms with Gasteiger partial charge in [0.15, 0.2) is 0 Å². The molecule has 1 aromatic rings. The van der Waals surface area contributed by atoms with Gasteiger partial charge >= 0.3 is 12.2 Å². The molecule has 124 valence electrons. The number of hydrogen-bond acceptors (Lipinski definition) is 5. The molecule has 2 amide bonds. The zero-order valence-corrected chi connectivity index (χ0v) is 13.6. The number of amides is 2. The van der Waals surface area contributed by atoms with Crippen LogP contribution in [0, 0.1) is 5.41 Å². The predicted octanol–water partition coefficient (Wildman–Crippen LogP) is 2.71. The molecule has 23 heavy (non-hydrogen) atoms. The fourth-order valence-corrected chi connectivity index (χ4v) is 2.20. The summed E-state index contributed by atoms with van der Waals surface area (Å²) in [5, 5.41) is 10.2. The van der Waals surface area contributed by atoms with Gasteiger partial charge in [0.1, 0.15) is 11.9 Å². The number of nitrogens with zero attached hydrogens (tertiary/aromatic N) is 1. The number of cyclic esters (lactones) is 1. The Balaban J connectivity index is 2.01. The molecule has 1 aromatic carbocycles. The van der Waals surface area contributed by atoms with E-state index in [4.69, 9.17) is 26.5 Å². The van der Waals surface area contributed by atoms with Crippen LogP contribution in [0.2, 0.25) is 0 Å². The van der Waals surface area contributed by atoms with Crippen LogP contribution in [0.5, 0.6) is 0 Å². The molecule has 1 aliphatic heterocycles.